The zero-order valence-electron chi connectivity index (χ0n) is 11.1. The molecule has 3 aromatic rings. The number of pyridine rings is 1. The first-order valence-corrected chi connectivity index (χ1v) is 8.46. The van der Waals surface area contributed by atoms with Crippen LogP contribution in [-0.2, 0) is 10.0 Å². The highest BCUT2D eigenvalue weighted by molar-refractivity contribution is 9.10. The third-order valence-electron chi connectivity index (χ3n) is 3.19. The van der Waals surface area contributed by atoms with E-state index in [1.807, 2.05) is 11.3 Å². The van der Waals surface area contributed by atoms with Gasteiger partial charge in [-0.1, -0.05) is 15.9 Å². The summed E-state index contributed by atoms with van der Waals surface area (Å²) in [6.07, 6.45) is 3.47. The minimum atomic E-state index is -3.61. The summed E-state index contributed by atoms with van der Waals surface area (Å²) in [6.45, 7) is 1.84. The number of aryl methyl sites for hydroxylation is 1. The second-order valence-electron chi connectivity index (χ2n) is 4.55. The van der Waals surface area contributed by atoms with Gasteiger partial charge in [-0.05, 0) is 43.3 Å². The van der Waals surface area contributed by atoms with E-state index in [9.17, 15) is 8.42 Å². The molecule has 0 aliphatic carbocycles. The van der Waals surface area contributed by atoms with Gasteiger partial charge >= 0.3 is 0 Å². The summed E-state index contributed by atoms with van der Waals surface area (Å²) in [7, 11) is -3.61. The van der Waals surface area contributed by atoms with Gasteiger partial charge in [0.05, 0.1) is 10.6 Å². The quantitative estimate of drug-likeness (QED) is 0.774. The Morgan fingerprint density at radius 1 is 1.14 bits per heavy atom. The van der Waals surface area contributed by atoms with Crippen LogP contribution in [0.1, 0.15) is 5.69 Å². The van der Waals surface area contributed by atoms with Crippen LogP contribution in [0.5, 0.6) is 0 Å². The lowest BCUT2D eigenvalue weighted by Crippen LogP contribution is -2.14. The molecule has 108 valence electrons. The number of imidazole rings is 1. The number of sulfonamides is 1. The van der Waals surface area contributed by atoms with Crippen molar-refractivity contribution < 1.29 is 8.42 Å². The van der Waals surface area contributed by atoms with Crippen molar-refractivity contribution in [1.29, 1.82) is 0 Å². The summed E-state index contributed by atoms with van der Waals surface area (Å²) >= 11 is 3.29. The van der Waals surface area contributed by atoms with E-state index in [1.54, 1.807) is 48.8 Å². The van der Waals surface area contributed by atoms with Crippen molar-refractivity contribution in [3.63, 3.8) is 0 Å². The second-order valence-corrected chi connectivity index (χ2v) is 7.15. The first-order valence-electron chi connectivity index (χ1n) is 6.18. The Morgan fingerprint density at radius 2 is 1.86 bits per heavy atom. The minimum absolute atomic E-state index is 0.218. The molecule has 0 aliphatic rings. The normalized spacial score (nSPS) is 11.7. The number of aromatic nitrogens is 2. The highest BCUT2D eigenvalue weighted by atomic mass is 79.9. The third-order valence-corrected chi connectivity index (χ3v) is 5.10. The summed E-state index contributed by atoms with van der Waals surface area (Å²) in [5, 5.41) is 0. The van der Waals surface area contributed by atoms with Crippen LogP contribution >= 0.6 is 15.9 Å². The van der Waals surface area contributed by atoms with Crippen LogP contribution in [0, 0.1) is 6.92 Å². The molecule has 2 aromatic heterocycles. The predicted molar refractivity (Wildman–Crippen MR) is 84.9 cm³/mol. The number of nitrogens with one attached hydrogen (secondary N) is 1. The van der Waals surface area contributed by atoms with Crippen molar-refractivity contribution in [2.45, 2.75) is 11.8 Å². The summed E-state index contributed by atoms with van der Waals surface area (Å²) in [5.41, 5.74) is 2.09. The molecule has 0 saturated carbocycles. The van der Waals surface area contributed by atoms with Crippen molar-refractivity contribution in [2.24, 2.45) is 0 Å². The Hall–Kier alpha value is -1.86. The molecule has 0 unspecified atom stereocenters. The van der Waals surface area contributed by atoms with Gasteiger partial charge in [0.2, 0.25) is 0 Å². The Kier molecular flexibility index (Phi) is 3.46. The Bertz CT molecular complexity index is 902. The van der Waals surface area contributed by atoms with Gasteiger partial charge in [0, 0.05) is 22.6 Å². The van der Waals surface area contributed by atoms with Crippen LogP contribution in [0.25, 0.3) is 5.65 Å². The topological polar surface area (TPSA) is 63.5 Å². The zero-order valence-corrected chi connectivity index (χ0v) is 13.5. The molecular weight excluding hydrogens is 354 g/mol. The lowest BCUT2D eigenvalue weighted by atomic mass is 10.3. The van der Waals surface area contributed by atoms with E-state index in [2.05, 4.69) is 25.6 Å². The number of hydrogen-bond acceptors (Lipinski definition) is 3. The minimum Gasteiger partial charge on any atom is -0.302 e. The van der Waals surface area contributed by atoms with E-state index in [1.165, 1.54) is 0 Å². The third kappa shape index (κ3) is 2.66. The maximum atomic E-state index is 12.4. The van der Waals surface area contributed by atoms with E-state index in [-0.39, 0.29) is 4.90 Å². The van der Waals surface area contributed by atoms with Crippen LogP contribution in [-0.4, -0.2) is 17.8 Å². The standard InChI is InChI=1S/C14H12BrN3O2S/c1-10-13(6-7-14-16-8-9-18(10)14)17-21(19,20)12-4-2-11(15)3-5-12/h2-9,17H,1H3. The maximum absolute atomic E-state index is 12.4. The van der Waals surface area contributed by atoms with Crippen LogP contribution in [0.15, 0.2) is 58.2 Å². The molecule has 0 spiro atoms. The molecule has 0 atom stereocenters. The molecule has 7 heteroatoms. The number of nitrogens with zero attached hydrogens (tertiary/aromatic N) is 2. The molecule has 0 saturated heterocycles. The fraction of sp³-hybridized carbons (Fsp3) is 0.0714. The summed E-state index contributed by atoms with van der Waals surface area (Å²) < 4.78 is 30.1. The lowest BCUT2D eigenvalue weighted by Gasteiger charge is -2.12. The van der Waals surface area contributed by atoms with Crippen molar-refractivity contribution in [1.82, 2.24) is 9.38 Å². The van der Waals surface area contributed by atoms with Gasteiger partial charge in [-0.3, -0.25) is 4.72 Å². The van der Waals surface area contributed by atoms with Crippen molar-refractivity contribution in [2.75, 3.05) is 4.72 Å². The molecule has 5 nitrogen and oxygen atoms in total. The SMILES string of the molecule is Cc1c(NS(=O)(=O)c2ccc(Br)cc2)ccc2nccn12. The van der Waals surface area contributed by atoms with Gasteiger partial charge < -0.3 is 4.40 Å². The first-order chi connectivity index (χ1) is 9.97. The molecule has 0 amide bonds. The molecule has 3 rings (SSSR count). The van der Waals surface area contributed by atoms with Crippen molar-refractivity contribution in [3.8, 4) is 0 Å². The number of hydrogen-bond donors (Lipinski definition) is 1. The van der Waals surface area contributed by atoms with Crippen molar-refractivity contribution >= 4 is 37.3 Å². The fourth-order valence-corrected chi connectivity index (χ4v) is 3.44. The van der Waals surface area contributed by atoms with Crippen molar-refractivity contribution in [3.05, 3.63) is 59.0 Å². The molecule has 0 bridgehead atoms. The van der Waals surface area contributed by atoms with E-state index < -0.39 is 10.0 Å². The van der Waals surface area contributed by atoms with Crippen LogP contribution in [0.2, 0.25) is 0 Å². The second kappa shape index (κ2) is 5.16. The van der Waals surface area contributed by atoms with E-state index in [0.29, 0.717) is 5.69 Å². The average Bonchev–Trinajstić information content (AvgIpc) is 2.91. The molecule has 0 radical (unpaired) electrons. The Morgan fingerprint density at radius 3 is 2.57 bits per heavy atom. The number of fused-ring (bicyclic) bond motifs is 1. The highest BCUT2D eigenvalue weighted by Gasteiger charge is 2.16. The Labute approximate surface area is 130 Å². The Balaban J connectivity index is 2.00. The summed E-state index contributed by atoms with van der Waals surface area (Å²) in [5.74, 6) is 0. The van der Waals surface area contributed by atoms with Crippen LogP contribution < -0.4 is 4.72 Å². The van der Waals surface area contributed by atoms with Gasteiger partial charge in [-0.25, -0.2) is 13.4 Å². The lowest BCUT2D eigenvalue weighted by molar-refractivity contribution is 0.601. The average molecular weight is 366 g/mol. The number of rotatable bonds is 3. The molecule has 1 N–H and O–H groups in total. The summed E-state index contributed by atoms with van der Waals surface area (Å²) in [4.78, 5) is 4.38. The van der Waals surface area contributed by atoms with E-state index in [0.717, 1.165) is 15.8 Å². The first kappa shape index (κ1) is 14.1. The van der Waals surface area contributed by atoms with Gasteiger partial charge in [0.15, 0.2) is 0 Å². The van der Waals surface area contributed by atoms with Crippen LogP contribution in [0.4, 0.5) is 5.69 Å². The van der Waals surface area contributed by atoms with Gasteiger partial charge in [0.1, 0.15) is 5.65 Å². The van der Waals surface area contributed by atoms with Gasteiger partial charge in [0.25, 0.3) is 10.0 Å². The monoisotopic (exact) mass is 365 g/mol. The molecule has 2 heterocycles. The number of halogens is 1. The van der Waals surface area contributed by atoms with Gasteiger partial charge in [-0.2, -0.15) is 0 Å². The van der Waals surface area contributed by atoms with E-state index in [4.69, 9.17) is 0 Å². The molecule has 0 fully saturated rings. The van der Waals surface area contributed by atoms with Gasteiger partial charge in [-0.15, -0.1) is 0 Å². The predicted octanol–water partition coefficient (Wildman–Crippen LogP) is 3.21. The molecule has 1 aromatic carbocycles. The number of benzene rings is 1. The molecule has 0 aliphatic heterocycles. The molecule has 21 heavy (non-hydrogen) atoms. The maximum Gasteiger partial charge on any atom is 0.261 e. The zero-order chi connectivity index (χ0) is 15.0. The highest BCUT2D eigenvalue weighted by Crippen LogP contribution is 2.22. The fourth-order valence-electron chi connectivity index (χ4n) is 2.06. The number of anilines is 1. The summed E-state index contributed by atoms with van der Waals surface area (Å²) in [6, 6.07) is 9.98. The largest absolute Gasteiger partial charge is 0.302 e. The molecular formula is C14H12BrN3O2S. The smallest absolute Gasteiger partial charge is 0.261 e. The van der Waals surface area contributed by atoms with E-state index >= 15 is 0 Å². The van der Waals surface area contributed by atoms with Crippen LogP contribution in [0.3, 0.4) is 0 Å².